The van der Waals surface area contributed by atoms with E-state index in [1.807, 2.05) is 7.05 Å². The molecular weight excluding hydrogens is 266 g/mol. The second-order valence-corrected chi connectivity index (χ2v) is 4.50. The van der Waals surface area contributed by atoms with E-state index in [1.54, 1.807) is 5.01 Å². The number of unbranched alkanes of at least 4 members (excludes halogenated alkanes) is 1. The van der Waals surface area contributed by atoms with Crippen LogP contribution in [0.25, 0.3) is 0 Å². The van der Waals surface area contributed by atoms with Gasteiger partial charge in [-0.2, -0.15) is 0 Å². The fourth-order valence-corrected chi connectivity index (χ4v) is 1.70. The summed E-state index contributed by atoms with van der Waals surface area (Å²) in [5.41, 5.74) is 3.26. The van der Waals surface area contributed by atoms with Crippen LogP contribution >= 0.6 is 0 Å². The Kier molecular flexibility index (Phi) is 7.11. The summed E-state index contributed by atoms with van der Waals surface area (Å²) in [7, 11) is 3.18. The average Bonchev–Trinajstić information content (AvgIpc) is 2.44. The number of hydrogen-bond acceptors (Lipinski definition) is 4. The van der Waals surface area contributed by atoms with E-state index in [1.165, 1.54) is 19.2 Å². The van der Waals surface area contributed by atoms with E-state index >= 15 is 0 Å². The van der Waals surface area contributed by atoms with Crippen LogP contribution in [0.5, 0.6) is 0 Å². The fourth-order valence-electron chi connectivity index (χ4n) is 1.70. The maximum absolute atomic E-state index is 13.4. The molecule has 0 spiro atoms. The molecule has 4 nitrogen and oxygen atoms in total. The second kappa shape index (κ2) is 8.60. The van der Waals surface area contributed by atoms with Gasteiger partial charge in [-0.05, 0) is 18.9 Å². The van der Waals surface area contributed by atoms with Crippen molar-refractivity contribution in [3.63, 3.8) is 0 Å². The molecule has 1 N–H and O–H groups in total. The zero-order valence-electron chi connectivity index (χ0n) is 11.8. The number of nitrogens with zero attached hydrogens (tertiary/aromatic N) is 1. The highest BCUT2D eigenvalue weighted by Gasteiger charge is 2.08. The number of hydrazine groups is 1. The number of nitrogens with one attached hydrogen (secondary N) is 1. The number of carbonyl (C=O) groups excluding carboxylic acids is 1. The van der Waals surface area contributed by atoms with Gasteiger partial charge in [0.25, 0.3) is 0 Å². The summed E-state index contributed by atoms with van der Waals surface area (Å²) < 4.78 is 30.9. The molecule has 0 saturated heterocycles. The summed E-state index contributed by atoms with van der Waals surface area (Å²) in [6.45, 7) is 0.922. The number of methoxy groups -OCH3 is 1. The van der Waals surface area contributed by atoms with E-state index in [4.69, 9.17) is 0 Å². The fraction of sp³-hybridized carbons (Fsp3) is 0.500. The molecule has 0 saturated carbocycles. The third-order valence-corrected chi connectivity index (χ3v) is 2.92. The molecule has 0 heterocycles. The molecule has 0 atom stereocenters. The Hall–Kier alpha value is -1.53. The molecular formula is C14H20F2N2O2. The molecule has 1 rings (SSSR count). The van der Waals surface area contributed by atoms with Gasteiger partial charge in [0, 0.05) is 32.1 Å². The molecule has 0 aliphatic heterocycles. The van der Waals surface area contributed by atoms with Gasteiger partial charge in [0.15, 0.2) is 11.6 Å². The minimum atomic E-state index is -0.843. The van der Waals surface area contributed by atoms with Crippen LogP contribution in [0.4, 0.5) is 8.78 Å². The zero-order valence-corrected chi connectivity index (χ0v) is 11.8. The summed E-state index contributed by atoms with van der Waals surface area (Å²) in [4.78, 5) is 10.9. The highest BCUT2D eigenvalue weighted by atomic mass is 19.2. The first-order valence-electron chi connectivity index (χ1n) is 6.49. The van der Waals surface area contributed by atoms with Crippen molar-refractivity contribution in [2.75, 3.05) is 20.7 Å². The lowest BCUT2D eigenvalue weighted by molar-refractivity contribution is -0.140. The Bertz CT molecular complexity index is 441. The maximum atomic E-state index is 13.4. The maximum Gasteiger partial charge on any atom is 0.305 e. The quantitative estimate of drug-likeness (QED) is 0.452. The topological polar surface area (TPSA) is 41.6 Å². The van der Waals surface area contributed by atoms with Crippen molar-refractivity contribution >= 4 is 5.97 Å². The van der Waals surface area contributed by atoms with E-state index in [-0.39, 0.29) is 18.1 Å². The van der Waals surface area contributed by atoms with Gasteiger partial charge in [0.05, 0.1) is 7.11 Å². The van der Waals surface area contributed by atoms with Crippen molar-refractivity contribution < 1.29 is 18.3 Å². The number of hydrogen-bond donors (Lipinski definition) is 1. The van der Waals surface area contributed by atoms with Crippen molar-refractivity contribution in [1.29, 1.82) is 0 Å². The molecule has 0 aliphatic rings. The lowest BCUT2D eigenvalue weighted by Crippen LogP contribution is -2.34. The normalized spacial score (nSPS) is 10.8. The van der Waals surface area contributed by atoms with Crippen LogP contribution in [-0.2, 0) is 16.1 Å². The predicted molar refractivity (Wildman–Crippen MR) is 71.7 cm³/mol. The SMILES string of the molecule is COC(=O)CCCCN(C)NCc1cccc(F)c1F. The minimum Gasteiger partial charge on any atom is -0.469 e. The van der Waals surface area contributed by atoms with Crippen molar-refractivity contribution in [2.24, 2.45) is 0 Å². The summed E-state index contributed by atoms with van der Waals surface area (Å²) in [5.74, 6) is -1.88. The van der Waals surface area contributed by atoms with E-state index in [0.29, 0.717) is 13.0 Å². The third-order valence-electron chi connectivity index (χ3n) is 2.92. The molecule has 0 fully saturated rings. The predicted octanol–water partition coefficient (Wildman–Crippen LogP) is 2.24. The standard InChI is InChI=1S/C14H20F2N2O2/c1-18(9-4-3-8-13(19)20-2)17-10-11-6-5-7-12(15)14(11)16/h5-7,17H,3-4,8-10H2,1-2H3. The number of rotatable bonds is 8. The van der Waals surface area contributed by atoms with Crippen molar-refractivity contribution in [3.8, 4) is 0 Å². The smallest absolute Gasteiger partial charge is 0.305 e. The van der Waals surface area contributed by atoms with E-state index in [2.05, 4.69) is 10.2 Å². The monoisotopic (exact) mass is 286 g/mol. The molecule has 0 radical (unpaired) electrons. The van der Waals surface area contributed by atoms with Crippen LogP contribution in [0.3, 0.4) is 0 Å². The molecule has 112 valence electrons. The van der Waals surface area contributed by atoms with Gasteiger partial charge >= 0.3 is 5.97 Å². The number of carbonyl (C=O) groups is 1. The van der Waals surface area contributed by atoms with Crippen LogP contribution in [-0.4, -0.2) is 31.7 Å². The largest absolute Gasteiger partial charge is 0.469 e. The molecule has 0 aromatic heterocycles. The van der Waals surface area contributed by atoms with E-state index < -0.39 is 11.6 Å². The van der Waals surface area contributed by atoms with Crippen LogP contribution in [0, 0.1) is 11.6 Å². The van der Waals surface area contributed by atoms with Crippen LogP contribution < -0.4 is 5.43 Å². The number of halogens is 2. The summed E-state index contributed by atoms with van der Waals surface area (Å²) in [5, 5.41) is 1.79. The first-order valence-corrected chi connectivity index (χ1v) is 6.49. The zero-order chi connectivity index (χ0) is 15.0. The minimum absolute atomic E-state index is 0.219. The first-order chi connectivity index (χ1) is 9.54. The molecule has 1 aromatic rings. The van der Waals surface area contributed by atoms with Crippen molar-refractivity contribution in [2.45, 2.75) is 25.8 Å². The summed E-state index contributed by atoms with van der Waals surface area (Å²) in [6.07, 6.45) is 1.93. The molecule has 0 unspecified atom stereocenters. The third kappa shape index (κ3) is 5.63. The molecule has 0 aliphatic carbocycles. The summed E-state index contributed by atoms with van der Waals surface area (Å²) >= 11 is 0. The van der Waals surface area contributed by atoms with Gasteiger partial charge in [-0.3, -0.25) is 10.2 Å². The Morgan fingerprint density at radius 2 is 2.10 bits per heavy atom. The molecule has 1 aromatic carbocycles. The number of ether oxygens (including phenoxy) is 1. The first kappa shape index (κ1) is 16.5. The van der Waals surface area contributed by atoms with Crippen LogP contribution in [0.15, 0.2) is 18.2 Å². The van der Waals surface area contributed by atoms with Gasteiger partial charge in [-0.1, -0.05) is 12.1 Å². The van der Waals surface area contributed by atoms with Crippen LogP contribution in [0.1, 0.15) is 24.8 Å². The Balaban J connectivity index is 2.24. The second-order valence-electron chi connectivity index (χ2n) is 4.50. The molecule has 0 amide bonds. The number of benzene rings is 1. The van der Waals surface area contributed by atoms with Crippen molar-refractivity contribution in [1.82, 2.24) is 10.4 Å². The molecule has 20 heavy (non-hydrogen) atoms. The highest BCUT2D eigenvalue weighted by Crippen LogP contribution is 2.11. The molecule has 6 heteroatoms. The summed E-state index contributed by atoms with van der Waals surface area (Å²) in [6, 6.07) is 4.11. The van der Waals surface area contributed by atoms with E-state index in [9.17, 15) is 13.6 Å². The number of esters is 1. The van der Waals surface area contributed by atoms with Gasteiger partial charge in [-0.15, -0.1) is 0 Å². The molecule has 0 bridgehead atoms. The Labute approximate surface area is 117 Å². The highest BCUT2D eigenvalue weighted by molar-refractivity contribution is 5.68. The van der Waals surface area contributed by atoms with Gasteiger partial charge in [-0.25, -0.2) is 13.8 Å². The lowest BCUT2D eigenvalue weighted by atomic mass is 10.2. The lowest BCUT2D eigenvalue weighted by Gasteiger charge is -2.18. The van der Waals surface area contributed by atoms with Gasteiger partial charge in [0.2, 0.25) is 0 Å². The van der Waals surface area contributed by atoms with E-state index in [0.717, 1.165) is 18.9 Å². The van der Waals surface area contributed by atoms with Gasteiger partial charge < -0.3 is 4.74 Å². The van der Waals surface area contributed by atoms with Gasteiger partial charge in [0.1, 0.15) is 0 Å². The van der Waals surface area contributed by atoms with Crippen molar-refractivity contribution in [3.05, 3.63) is 35.4 Å². The average molecular weight is 286 g/mol. The Morgan fingerprint density at radius 1 is 1.35 bits per heavy atom. The Morgan fingerprint density at radius 3 is 2.80 bits per heavy atom. The van der Waals surface area contributed by atoms with Crippen LogP contribution in [0.2, 0.25) is 0 Å².